The first-order valence-corrected chi connectivity index (χ1v) is 9.18. The van der Waals surface area contributed by atoms with Crippen LogP contribution in [0.15, 0.2) is 40.2 Å². The summed E-state index contributed by atoms with van der Waals surface area (Å²) in [5, 5.41) is 9.90. The summed E-state index contributed by atoms with van der Waals surface area (Å²) < 4.78 is 5.27. The lowest BCUT2D eigenvalue weighted by molar-refractivity contribution is 0.0951. The van der Waals surface area contributed by atoms with Crippen LogP contribution < -0.4 is 5.32 Å². The van der Waals surface area contributed by atoms with Crippen LogP contribution >= 0.6 is 11.3 Å². The molecule has 1 aromatic carbocycles. The molecule has 0 radical (unpaired) electrons. The fraction of sp³-hybridized carbons (Fsp3) is 0.316. The second kappa shape index (κ2) is 7.61. The van der Waals surface area contributed by atoms with Gasteiger partial charge in [-0.1, -0.05) is 49.3 Å². The average molecular weight is 355 g/mol. The van der Waals surface area contributed by atoms with Crippen molar-refractivity contribution in [2.24, 2.45) is 0 Å². The molecule has 0 aliphatic heterocycles. The molecule has 2 aromatic heterocycles. The highest BCUT2D eigenvalue weighted by Crippen LogP contribution is 2.24. The Morgan fingerprint density at radius 3 is 2.76 bits per heavy atom. The predicted octanol–water partition coefficient (Wildman–Crippen LogP) is 4.20. The van der Waals surface area contributed by atoms with Crippen molar-refractivity contribution in [2.75, 3.05) is 6.54 Å². The van der Waals surface area contributed by atoms with Crippen molar-refractivity contribution in [3.8, 4) is 10.6 Å². The summed E-state index contributed by atoms with van der Waals surface area (Å²) in [4.78, 5) is 17.1. The van der Waals surface area contributed by atoms with Gasteiger partial charge in [0.25, 0.3) is 5.91 Å². The standard InChI is InChI=1S/C19H21N3O2S/c1-12(2)17-16(13(3)22-24-17)18(23)20-10-9-15-11-25-19(21-15)14-7-5-4-6-8-14/h4-8,11-12H,9-10H2,1-3H3,(H,20,23). The third kappa shape index (κ3) is 3.96. The predicted molar refractivity (Wildman–Crippen MR) is 98.9 cm³/mol. The third-order valence-corrected chi connectivity index (χ3v) is 4.82. The fourth-order valence-corrected chi connectivity index (χ4v) is 3.45. The molecule has 0 atom stereocenters. The second-order valence-electron chi connectivity index (χ2n) is 6.18. The average Bonchev–Trinajstić information content (AvgIpc) is 3.22. The van der Waals surface area contributed by atoms with Crippen LogP contribution in [0.1, 0.15) is 47.3 Å². The number of hydrogen-bond acceptors (Lipinski definition) is 5. The molecular formula is C19H21N3O2S. The van der Waals surface area contributed by atoms with Gasteiger partial charge in [0, 0.05) is 29.8 Å². The SMILES string of the molecule is Cc1noc(C(C)C)c1C(=O)NCCc1csc(-c2ccccc2)n1. The highest BCUT2D eigenvalue weighted by Gasteiger charge is 2.22. The molecule has 0 unspecified atom stereocenters. The normalized spacial score (nSPS) is 11.0. The van der Waals surface area contributed by atoms with Crippen LogP contribution in [-0.2, 0) is 6.42 Å². The molecule has 130 valence electrons. The quantitative estimate of drug-likeness (QED) is 0.719. The number of aryl methyl sites for hydroxylation is 1. The van der Waals surface area contributed by atoms with Crippen molar-refractivity contribution in [3.05, 3.63) is 58.4 Å². The molecule has 0 bridgehead atoms. The second-order valence-corrected chi connectivity index (χ2v) is 7.04. The van der Waals surface area contributed by atoms with Gasteiger partial charge in [-0.25, -0.2) is 4.98 Å². The van der Waals surface area contributed by atoms with Crippen molar-refractivity contribution in [1.29, 1.82) is 0 Å². The van der Waals surface area contributed by atoms with E-state index in [1.807, 2.05) is 49.6 Å². The maximum absolute atomic E-state index is 12.4. The first kappa shape index (κ1) is 17.4. The van der Waals surface area contributed by atoms with E-state index in [0.717, 1.165) is 16.3 Å². The smallest absolute Gasteiger partial charge is 0.256 e. The van der Waals surface area contributed by atoms with Crippen molar-refractivity contribution < 1.29 is 9.32 Å². The number of amides is 1. The number of aromatic nitrogens is 2. The molecule has 0 saturated heterocycles. The van der Waals surface area contributed by atoms with Gasteiger partial charge in [0.2, 0.25) is 0 Å². The zero-order chi connectivity index (χ0) is 17.8. The van der Waals surface area contributed by atoms with Crippen LogP contribution in [-0.4, -0.2) is 22.6 Å². The first-order chi connectivity index (χ1) is 12.1. The van der Waals surface area contributed by atoms with Gasteiger partial charge >= 0.3 is 0 Å². The van der Waals surface area contributed by atoms with Crippen LogP contribution in [0.25, 0.3) is 10.6 Å². The molecular weight excluding hydrogens is 334 g/mol. The zero-order valence-corrected chi connectivity index (χ0v) is 15.4. The maximum Gasteiger partial charge on any atom is 0.256 e. The van der Waals surface area contributed by atoms with Gasteiger partial charge in [-0.15, -0.1) is 11.3 Å². The minimum atomic E-state index is -0.138. The largest absolute Gasteiger partial charge is 0.360 e. The molecule has 0 spiro atoms. The molecule has 2 heterocycles. The van der Waals surface area contributed by atoms with Gasteiger partial charge < -0.3 is 9.84 Å². The number of benzene rings is 1. The van der Waals surface area contributed by atoms with Crippen LogP contribution in [0.2, 0.25) is 0 Å². The number of carbonyl (C=O) groups excluding carboxylic acids is 1. The molecule has 1 amide bonds. The molecule has 3 aromatic rings. The van der Waals surface area contributed by atoms with Gasteiger partial charge in [-0.05, 0) is 6.92 Å². The lowest BCUT2D eigenvalue weighted by Crippen LogP contribution is -2.27. The molecule has 0 saturated carbocycles. The van der Waals surface area contributed by atoms with Crippen LogP contribution in [0.3, 0.4) is 0 Å². The Balaban J connectivity index is 1.60. The minimum Gasteiger partial charge on any atom is -0.360 e. The van der Waals surface area contributed by atoms with Crippen molar-refractivity contribution >= 4 is 17.2 Å². The molecule has 25 heavy (non-hydrogen) atoms. The Labute approximate surface area is 151 Å². The summed E-state index contributed by atoms with van der Waals surface area (Å²) in [6, 6.07) is 10.1. The topological polar surface area (TPSA) is 68.0 Å². The lowest BCUT2D eigenvalue weighted by atomic mass is 10.0. The first-order valence-electron chi connectivity index (χ1n) is 8.30. The molecule has 0 aliphatic carbocycles. The lowest BCUT2D eigenvalue weighted by Gasteiger charge is -2.06. The van der Waals surface area contributed by atoms with Gasteiger partial charge in [-0.2, -0.15) is 0 Å². The Morgan fingerprint density at radius 1 is 1.28 bits per heavy atom. The van der Waals surface area contributed by atoms with E-state index in [1.165, 1.54) is 0 Å². The van der Waals surface area contributed by atoms with E-state index in [2.05, 4.69) is 15.5 Å². The van der Waals surface area contributed by atoms with E-state index < -0.39 is 0 Å². The molecule has 0 fully saturated rings. The van der Waals surface area contributed by atoms with E-state index in [1.54, 1.807) is 18.3 Å². The number of nitrogens with one attached hydrogen (secondary N) is 1. The van der Waals surface area contributed by atoms with E-state index in [0.29, 0.717) is 30.0 Å². The van der Waals surface area contributed by atoms with Gasteiger partial charge in [0.1, 0.15) is 10.6 Å². The summed E-state index contributed by atoms with van der Waals surface area (Å²) in [5.74, 6) is 0.616. The van der Waals surface area contributed by atoms with Crippen molar-refractivity contribution in [3.63, 3.8) is 0 Å². The summed E-state index contributed by atoms with van der Waals surface area (Å²) in [6.07, 6.45) is 0.691. The van der Waals surface area contributed by atoms with Crippen LogP contribution in [0.5, 0.6) is 0 Å². The van der Waals surface area contributed by atoms with Crippen molar-refractivity contribution in [2.45, 2.75) is 33.1 Å². The third-order valence-electron chi connectivity index (χ3n) is 3.88. The van der Waals surface area contributed by atoms with Gasteiger partial charge in [-0.3, -0.25) is 4.79 Å². The summed E-state index contributed by atoms with van der Waals surface area (Å²) >= 11 is 1.62. The van der Waals surface area contributed by atoms with E-state index in [9.17, 15) is 4.79 Å². The van der Waals surface area contributed by atoms with E-state index in [4.69, 9.17) is 4.52 Å². The highest BCUT2D eigenvalue weighted by molar-refractivity contribution is 7.13. The summed E-state index contributed by atoms with van der Waals surface area (Å²) in [7, 11) is 0. The highest BCUT2D eigenvalue weighted by atomic mass is 32.1. The van der Waals surface area contributed by atoms with Crippen LogP contribution in [0.4, 0.5) is 0 Å². The number of nitrogens with zero attached hydrogens (tertiary/aromatic N) is 2. The van der Waals surface area contributed by atoms with E-state index in [-0.39, 0.29) is 11.8 Å². The van der Waals surface area contributed by atoms with E-state index >= 15 is 0 Å². The fourth-order valence-electron chi connectivity index (χ4n) is 2.59. The Morgan fingerprint density at radius 2 is 2.04 bits per heavy atom. The molecule has 0 aliphatic rings. The Hall–Kier alpha value is -2.47. The number of carbonyl (C=O) groups is 1. The molecule has 5 nitrogen and oxygen atoms in total. The Bertz CT molecular complexity index is 853. The van der Waals surface area contributed by atoms with Crippen molar-refractivity contribution in [1.82, 2.24) is 15.5 Å². The number of hydrogen-bond donors (Lipinski definition) is 1. The van der Waals surface area contributed by atoms with Gasteiger partial charge in [0.05, 0.1) is 11.4 Å². The maximum atomic E-state index is 12.4. The summed E-state index contributed by atoms with van der Waals surface area (Å²) in [6.45, 7) is 6.28. The zero-order valence-electron chi connectivity index (χ0n) is 14.6. The summed E-state index contributed by atoms with van der Waals surface area (Å²) in [5.41, 5.74) is 3.28. The minimum absolute atomic E-state index is 0.119. The molecule has 3 rings (SSSR count). The molecule has 6 heteroatoms. The Kier molecular flexibility index (Phi) is 5.28. The number of rotatable bonds is 6. The monoisotopic (exact) mass is 355 g/mol. The molecule has 1 N–H and O–H groups in total. The van der Waals surface area contributed by atoms with Crippen LogP contribution in [0, 0.1) is 6.92 Å². The van der Waals surface area contributed by atoms with Gasteiger partial charge in [0.15, 0.2) is 5.76 Å². The number of thiazole rings is 1.